The van der Waals surface area contributed by atoms with E-state index in [-0.39, 0.29) is 0 Å². The summed E-state index contributed by atoms with van der Waals surface area (Å²) in [5, 5.41) is 2.66. The molecule has 1 N–H and O–H groups in total. The summed E-state index contributed by atoms with van der Waals surface area (Å²) in [5.41, 5.74) is -0.480. The highest BCUT2D eigenvalue weighted by atomic mass is 79.9. The minimum atomic E-state index is -0.480. The van der Waals surface area contributed by atoms with E-state index in [1.54, 1.807) is 6.07 Å². The molecule has 0 spiro atoms. The van der Waals surface area contributed by atoms with Crippen molar-refractivity contribution in [1.82, 2.24) is 4.57 Å². The Balaban J connectivity index is 2.63. The molecule has 0 aliphatic carbocycles. The maximum atomic E-state index is 11.4. The van der Waals surface area contributed by atoms with Gasteiger partial charge in [0.25, 0.3) is 0 Å². The van der Waals surface area contributed by atoms with E-state index in [4.69, 9.17) is 4.74 Å². The molecular weight excluding hydrogens is 260 g/mol. The van der Waals surface area contributed by atoms with Gasteiger partial charge in [0.15, 0.2) is 0 Å². The van der Waals surface area contributed by atoms with E-state index in [1.807, 2.05) is 38.5 Å². The summed E-state index contributed by atoms with van der Waals surface area (Å²) in [7, 11) is 1.84. The van der Waals surface area contributed by atoms with Gasteiger partial charge in [-0.1, -0.05) is 0 Å². The van der Waals surface area contributed by atoms with Crippen molar-refractivity contribution in [2.45, 2.75) is 26.4 Å². The summed E-state index contributed by atoms with van der Waals surface area (Å²) in [4.78, 5) is 11.4. The molecule has 1 heterocycles. The van der Waals surface area contributed by atoms with Crippen LogP contribution >= 0.6 is 15.9 Å². The number of hydrogen-bond acceptors (Lipinski definition) is 2. The maximum absolute atomic E-state index is 11.4. The number of nitrogens with zero attached hydrogens (tertiary/aromatic N) is 1. The lowest BCUT2D eigenvalue weighted by Crippen LogP contribution is -2.27. The fraction of sp³-hybridized carbons (Fsp3) is 0.500. The van der Waals surface area contributed by atoms with Crippen molar-refractivity contribution >= 4 is 27.8 Å². The van der Waals surface area contributed by atoms with Crippen LogP contribution < -0.4 is 5.32 Å². The summed E-state index contributed by atoms with van der Waals surface area (Å²) in [6.45, 7) is 5.48. The molecule has 1 amide bonds. The first-order valence-corrected chi connectivity index (χ1v) is 5.40. The monoisotopic (exact) mass is 274 g/mol. The Hall–Kier alpha value is -0.970. The molecule has 0 fully saturated rings. The summed E-state index contributed by atoms with van der Waals surface area (Å²) in [6.07, 6.45) is -0.448. The highest BCUT2D eigenvalue weighted by molar-refractivity contribution is 9.10. The molecule has 15 heavy (non-hydrogen) atoms. The molecule has 0 unspecified atom stereocenters. The summed E-state index contributed by atoms with van der Waals surface area (Å²) >= 11 is 3.34. The van der Waals surface area contributed by atoms with Crippen molar-refractivity contribution < 1.29 is 9.53 Å². The molecule has 0 aliphatic heterocycles. The molecule has 1 rings (SSSR count). The number of carbonyl (C=O) groups is 1. The molecule has 0 atom stereocenters. The smallest absolute Gasteiger partial charge is 0.413 e. The Bertz CT molecular complexity index is 366. The highest BCUT2D eigenvalue weighted by Crippen LogP contribution is 2.18. The molecule has 0 aliphatic rings. The molecule has 0 radical (unpaired) electrons. The molecule has 5 heteroatoms. The van der Waals surface area contributed by atoms with Gasteiger partial charge < -0.3 is 9.30 Å². The van der Waals surface area contributed by atoms with E-state index in [9.17, 15) is 4.79 Å². The molecule has 1 aromatic heterocycles. The van der Waals surface area contributed by atoms with E-state index in [0.717, 1.165) is 4.60 Å². The zero-order valence-electron chi connectivity index (χ0n) is 9.30. The van der Waals surface area contributed by atoms with Crippen molar-refractivity contribution in [2.24, 2.45) is 7.05 Å². The number of carbonyl (C=O) groups excluding carboxylic acids is 1. The van der Waals surface area contributed by atoms with Gasteiger partial charge in [-0.2, -0.15) is 0 Å². The quantitative estimate of drug-likeness (QED) is 0.855. The third-order valence-corrected chi connectivity index (χ3v) is 2.49. The highest BCUT2D eigenvalue weighted by Gasteiger charge is 2.17. The summed E-state index contributed by atoms with van der Waals surface area (Å²) in [5.74, 6) is 0.691. The Morgan fingerprint density at radius 3 is 2.47 bits per heavy atom. The lowest BCUT2D eigenvalue weighted by atomic mass is 10.2. The first-order chi connectivity index (χ1) is 6.79. The number of ether oxygens (including phenoxy) is 1. The molecule has 4 nitrogen and oxygen atoms in total. The normalized spacial score (nSPS) is 11.3. The van der Waals surface area contributed by atoms with E-state index >= 15 is 0 Å². The largest absolute Gasteiger partial charge is 0.444 e. The second kappa shape index (κ2) is 4.26. The van der Waals surface area contributed by atoms with Crippen LogP contribution in [-0.4, -0.2) is 16.3 Å². The van der Waals surface area contributed by atoms with Crippen LogP contribution in [0, 0.1) is 0 Å². The van der Waals surface area contributed by atoms with Crippen molar-refractivity contribution in [1.29, 1.82) is 0 Å². The van der Waals surface area contributed by atoms with Gasteiger partial charge in [0.2, 0.25) is 0 Å². The number of rotatable bonds is 1. The second-order valence-electron chi connectivity index (χ2n) is 4.23. The van der Waals surface area contributed by atoms with Gasteiger partial charge in [-0.3, -0.25) is 5.32 Å². The SMILES string of the molecule is Cn1c(Br)ccc1NC(=O)OC(C)(C)C. The van der Waals surface area contributed by atoms with Gasteiger partial charge in [0.1, 0.15) is 11.4 Å². The van der Waals surface area contributed by atoms with E-state index in [0.29, 0.717) is 5.82 Å². The van der Waals surface area contributed by atoms with Crippen LogP contribution in [0.25, 0.3) is 0 Å². The molecule has 0 bridgehead atoms. The molecule has 0 aromatic carbocycles. The fourth-order valence-electron chi connectivity index (χ4n) is 1.02. The zero-order chi connectivity index (χ0) is 11.6. The van der Waals surface area contributed by atoms with Gasteiger partial charge in [-0.05, 0) is 48.8 Å². The predicted octanol–water partition coefficient (Wildman–Crippen LogP) is 3.13. The standard InChI is InChI=1S/C10H15BrN2O2/c1-10(2,3)15-9(14)12-8-6-5-7(11)13(8)4/h5-6H,1-4H3,(H,12,14). The number of anilines is 1. The van der Waals surface area contributed by atoms with Crippen molar-refractivity contribution in [3.05, 3.63) is 16.7 Å². The van der Waals surface area contributed by atoms with Crippen LogP contribution in [0.3, 0.4) is 0 Å². The zero-order valence-corrected chi connectivity index (χ0v) is 10.9. The van der Waals surface area contributed by atoms with Crippen LogP contribution in [0.2, 0.25) is 0 Å². The summed E-state index contributed by atoms with van der Waals surface area (Å²) in [6, 6.07) is 3.65. The average Bonchev–Trinajstić information content (AvgIpc) is 2.32. The first kappa shape index (κ1) is 12.1. The third kappa shape index (κ3) is 3.58. The van der Waals surface area contributed by atoms with Crippen molar-refractivity contribution in [3.8, 4) is 0 Å². The van der Waals surface area contributed by atoms with Gasteiger partial charge in [0.05, 0.1) is 4.60 Å². The second-order valence-corrected chi connectivity index (χ2v) is 5.04. The van der Waals surface area contributed by atoms with Crippen LogP contribution in [0.4, 0.5) is 10.6 Å². The molecule has 84 valence electrons. The van der Waals surface area contributed by atoms with Gasteiger partial charge in [0, 0.05) is 7.05 Å². The Labute approximate surface area is 97.7 Å². The van der Waals surface area contributed by atoms with Crippen LogP contribution in [0.5, 0.6) is 0 Å². The van der Waals surface area contributed by atoms with Crippen LogP contribution in [0.15, 0.2) is 16.7 Å². The average molecular weight is 275 g/mol. The number of nitrogens with one attached hydrogen (secondary N) is 1. The number of halogens is 1. The number of hydrogen-bond donors (Lipinski definition) is 1. The molecule has 1 aromatic rings. The Morgan fingerprint density at radius 1 is 1.47 bits per heavy atom. The lowest BCUT2D eigenvalue weighted by Gasteiger charge is -2.19. The predicted molar refractivity (Wildman–Crippen MR) is 63.0 cm³/mol. The minimum absolute atomic E-state index is 0.448. The van der Waals surface area contributed by atoms with Crippen molar-refractivity contribution in [2.75, 3.05) is 5.32 Å². The van der Waals surface area contributed by atoms with Crippen LogP contribution in [-0.2, 0) is 11.8 Å². The molecule has 0 saturated carbocycles. The number of amides is 1. The van der Waals surface area contributed by atoms with E-state index < -0.39 is 11.7 Å². The van der Waals surface area contributed by atoms with Gasteiger partial charge in [-0.25, -0.2) is 4.79 Å². The maximum Gasteiger partial charge on any atom is 0.413 e. The number of aromatic nitrogens is 1. The topological polar surface area (TPSA) is 43.3 Å². The van der Waals surface area contributed by atoms with Crippen LogP contribution in [0.1, 0.15) is 20.8 Å². The van der Waals surface area contributed by atoms with E-state index in [2.05, 4.69) is 21.2 Å². The molecule has 0 saturated heterocycles. The minimum Gasteiger partial charge on any atom is -0.444 e. The van der Waals surface area contributed by atoms with E-state index in [1.165, 1.54) is 0 Å². The molecular formula is C10H15BrN2O2. The van der Waals surface area contributed by atoms with Gasteiger partial charge in [-0.15, -0.1) is 0 Å². The van der Waals surface area contributed by atoms with Crippen molar-refractivity contribution in [3.63, 3.8) is 0 Å². The first-order valence-electron chi connectivity index (χ1n) is 4.61. The Kier molecular flexibility index (Phi) is 3.44. The Morgan fingerprint density at radius 2 is 2.07 bits per heavy atom. The lowest BCUT2D eigenvalue weighted by molar-refractivity contribution is 0.0635. The van der Waals surface area contributed by atoms with Gasteiger partial charge >= 0.3 is 6.09 Å². The fourth-order valence-corrected chi connectivity index (χ4v) is 1.34. The third-order valence-electron chi connectivity index (χ3n) is 1.69. The summed E-state index contributed by atoms with van der Waals surface area (Å²) < 4.78 is 7.83.